The molecule has 0 bridgehead atoms. The molecule has 1 atom stereocenters. The third-order valence-electron chi connectivity index (χ3n) is 2.62. The van der Waals surface area contributed by atoms with Gasteiger partial charge in [0.1, 0.15) is 0 Å². The number of hydrazine groups is 1. The molecular weight excluding hydrogens is 308 g/mol. The van der Waals surface area contributed by atoms with Crippen molar-refractivity contribution in [1.82, 2.24) is 16.2 Å². The van der Waals surface area contributed by atoms with Crippen LogP contribution in [0.25, 0.3) is 0 Å². The average molecular weight is 326 g/mol. The number of carbonyl (C=O) groups excluding carboxylic acids is 1. The van der Waals surface area contributed by atoms with Crippen molar-refractivity contribution in [1.29, 1.82) is 0 Å². The van der Waals surface area contributed by atoms with Crippen molar-refractivity contribution in [2.75, 3.05) is 6.54 Å². The van der Waals surface area contributed by atoms with Crippen LogP contribution >= 0.6 is 12.2 Å². The summed E-state index contributed by atoms with van der Waals surface area (Å²) in [5.74, 6) is -0.470. The fraction of sp³-hybridized carbons (Fsp3) is 0.385. The smallest absolute Gasteiger partial charge is 0.311 e. The first kappa shape index (κ1) is 17.6. The Morgan fingerprint density at radius 2 is 2.14 bits per heavy atom. The van der Waals surface area contributed by atoms with E-state index in [0.717, 1.165) is 5.56 Å². The van der Waals surface area contributed by atoms with Crippen LogP contribution in [-0.4, -0.2) is 28.6 Å². The largest absolute Gasteiger partial charge is 0.474 e. The molecule has 0 saturated heterocycles. The average Bonchev–Trinajstić information content (AvgIpc) is 2.46. The second-order valence-electron chi connectivity index (χ2n) is 4.46. The van der Waals surface area contributed by atoms with E-state index >= 15 is 0 Å². The van der Waals surface area contributed by atoms with Gasteiger partial charge in [0.2, 0.25) is 0 Å². The molecule has 0 aromatic heterocycles. The summed E-state index contributed by atoms with van der Waals surface area (Å²) in [5, 5.41) is 14.1. The molecule has 22 heavy (non-hydrogen) atoms. The number of hydrogen-bond donors (Lipinski definition) is 3. The molecule has 8 nitrogen and oxygen atoms in total. The second-order valence-corrected chi connectivity index (χ2v) is 4.87. The van der Waals surface area contributed by atoms with Gasteiger partial charge in [0.15, 0.2) is 17.0 Å². The van der Waals surface area contributed by atoms with E-state index in [1.165, 1.54) is 19.1 Å². The van der Waals surface area contributed by atoms with Crippen LogP contribution < -0.4 is 20.9 Å². The lowest BCUT2D eigenvalue weighted by Crippen LogP contribution is -2.50. The first-order chi connectivity index (χ1) is 10.3. The highest BCUT2D eigenvalue weighted by Gasteiger charge is 2.21. The fourth-order valence-corrected chi connectivity index (χ4v) is 1.73. The van der Waals surface area contributed by atoms with Crippen molar-refractivity contribution >= 4 is 28.9 Å². The molecule has 3 N–H and O–H groups in total. The van der Waals surface area contributed by atoms with Crippen LogP contribution in [0.1, 0.15) is 19.4 Å². The lowest BCUT2D eigenvalue weighted by molar-refractivity contribution is -0.386. The van der Waals surface area contributed by atoms with Crippen LogP contribution in [0.5, 0.6) is 5.75 Å². The highest BCUT2D eigenvalue weighted by Crippen LogP contribution is 2.28. The van der Waals surface area contributed by atoms with Crippen molar-refractivity contribution in [2.24, 2.45) is 0 Å². The monoisotopic (exact) mass is 326 g/mol. The molecule has 0 heterocycles. The zero-order valence-electron chi connectivity index (χ0n) is 12.5. The maximum Gasteiger partial charge on any atom is 0.311 e. The van der Waals surface area contributed by atoms with Crippen molar-refractivity contribution in [3.8, 4) is 5.75 Å². The lowest BCUT2D eigenvalue weighted by Gasteiger charge is -2.16. The summed E-state index contributed by atoms with van der Waals surface area (Å²) < 4.78 is 5.36. The molecule has 0 aliphatic rings. The Hall–Kier alpha value is -2.42. The molecular formula is C13H18N4O4S. The van der Waals surface area contributed by atoms with Gasteiger partial charge in [0.25, 0.3) is 5.91 Å². The van der Waals surface area contributed by atoms with Crippen LogP contribution in [0.3, 0.4) is 0 Å². The number of nitrogens with one attached hydrogen (secondary N) is 3. The summed E-state index contributed by atoms with van der Waals surface area (Å²) in [6.45, 7) is 5.69. The topological polar surface area (TPSA) is 106 Å². The molecule has 1 aromatic rings. The molecule has 1 rings (SSSR count). The zero-order valence-corrected chi connectivity index (χ0v) is 13.3. The van der Waals surface area contributed by atoms with Crippen LogP contribution in [-0.2, 0) is 4.79 Å². The highest BCUT2D eigenvalue weighted by molar-refractivity contribution is 7.80. The summed E-state index contributed by atoms with van der Waals surface area (Å²) in [6.07, 6.45) is -0.932. The predicted octanol–water partition coefficient (Wildman–Crippen LogP) is 1.19. The van der Waals surface area contributed by atoms with E-state index in [0.29, 0.717) is 6.54 Å². The minimum Gasteiger partial charge on any atom is -0.474 e. The van der Waals surface area contributed by atoms with Gasteiger partial charge in [-0.05, 0) is 44.6 Å². The number of thiocarbonyl (C=S) groups is 1. The number of nitro benzene ring substituents is 1. The molecule has 0 saturated carbocycles. The van der Waals surface area contributed by atoms with Crippen LogP contribution in [0.15, 0.2) is 18.2 Å². The third-order valence-corrected chi connectivity index (χ3v) is 2.87. The van der Waals surface area contributed by atoms with Crippen LogP contribution in [0.2, 0.25) is 0 Å². The molecule has 0 spiro atoms. The van der Waals surface area contributed by atoms with Crippen LogP contribution in [0, 0.1) is 17.0 Å². The second kappa shape index (κ2) is 8.13. The van der Waals surface area contributed by atoms with Gasteiger partial charge in [-0.2, -0.15) is 0 Å². The van der Waals surface area contributed by atoms with Crippen molar-refractivity contribution in [2.45, 2.75) is 26.9 Å². The zero-order chi connectivity index (χ0) is 16.7. The lowest BCUT2D eigenvalue weighted by atomic mass is 10.2. The number of amides is 1. The fourth-order valence-electron chi connectivity index (χ4n) is 1.54. The van der Waals surface area contributed by atoms with E-state index in [1.54, 1.807) is 13.0 Å². The molecule has 1 unspecified atom stereocenters. The minimum absolute atomic E-state index is 0.0347. The van der Waals surface area contributed by atoms with E-state index in [4.69, 9.17) is 17.0 Å². The Bertz CT molecular complexity index is 579. The van der Waals surface area contributed by atoms with Gasteiger partial charge in [0.05, 0.1) is 4.92 Å². The quantitative estimate of drug-likeness (QED) is 0.424. The molecule has 0 fully saturated rings. The van der Waals surface area contributed by atoms with Gasteiger partial charge in [-0.1, -0.05) is 6.07 Å². The number of rotatable bonds is 5. The number of ether oxygens (including phenoxy) is 1. The molecule has 0 aliphatic heterocycles. The molecule has 1 amide bonds. The Morgan fingerprint density at radius 3 is 2.73 bits per heavy atom. The summed E-state index contributed by atoms with van der Waals surface area (Å²) in [4.78, 5) is 22.3. The van der Waals surface area contributed by atoms with Gasteiger partial charge in [0, 0.05) is 12.6 Å². The van der Waals surface area contributed by atoms with Gasteiger partial charge in [-0.15, -0.1) is 0 Å². The molecule has 1 aromatic carbocycles. The summed E-state index contributed by atoms with van der Waals surface area (Å²) >= 11 is 4.89. The molecule has 120 valence electrons. The summed E-state index contributed by atoms with van der Waals surface area (Å²) in [6, 6.07) is 4.53. The first-order valence-electron chi connectivity index (χ1n) is 6.60. The maximum absolute atomic E-state index is 11.8. The van der Waals surface area contributed by atoms with Gasteiger partial charge in [-0.3, -0.25) is 25.8 Å². The van der Waals surface area contributed by atoms with Gasteiger partial charge in [-0.25, -0.2) is 0 Å². The third kappa shape index (κ3) is 5.17. The highest BCUT2D eigenvalue weighted by atomic mass is 32.1. The number of hydrogen-bond acceptors (Lipinski definition) is 5. The van der Waals surface area contributed by atoms with Gasteiger partial charge < -0.3 is 10.1 Å². The Morgan fingerprint density at radius 1 is 1.45 bits per heavy atom. The minimum atomic E-state index is -0.932. The normalized spacial score (nSPS) is 11.2. The first-order valence-corrected chi connectivity index (χ1v) is 7.01. The Balaban J connectivity index is 2.68. The van der Waals surface area contributed by atoms with E-state index < -0.39 is 16.9 Å². The van der Waals surface area contributed by atoms with Crippen molar-refractivity contribution in [3.05, 3.63) is 33.9 Å². The number of carbonyl (C=O) groups is 1. The summed E-state index contributed by atoms with van der Waals surface area (Å²) in [5.41, 5.74) is 5.41. The number of nitrogens with zero attached hydrogens (tertiary/aromatic N) is 1. The van der Waals surface area contributed by atoms with E-state index in [2.05, 4.69) is 16.2 Å². The van der Waals surface area contributed by atoms with E-state index in [-0.39, 0.29) is 16.5 Å². The van der Waals surface area contributed by atoms with Crippen LogP contribution in [0.4, 0.5) is 5.69 Å². The molecule has 0 radical (unpaired) electrons. The van der Waals surface area contributed by atoms with Crippen molar-refractivity contribution in [3.63, 3.8) is 0 Å². The van der Waals surface area contributed by atoms with E-state index in [9.17, 15) is 14.9 Å². The molecule has 0 aliphatic carbocycles. The number of aryl methyl sites for hydroxylation is 1. The Kier molecular flexibility index (Phi) is 6.51. The van der Waals surface area contributed by atoms with Gasteiger partial charge >= 0.3 is 5.69 Å². The van der Waals surface area contributed by atoms with Crippen molar-refractivity contribution < 1.29 is 14.5 Å². The number of benzene rings is 1. The summed E-state index contributed by atoms with van der Waals surface area (Å²) in [7, 11) is 0. The Labute approximate surface area is 133 Å². The SMILES string of the molecule is CCNC(=S)NNC(=O)C(C)Oc1ccc(C)cc1[N+](=O)[O-]. The number of nitro groups is 1. The maximum atomic E-state index is 11.8. The molecule has 9 heteroatoms. The standard InChI is InChI=1S/C13H18N4O4S/c1-4-14-13(22)16-15-12(18)9(3)21-11-6-5-8(2)7-10(11)17(19)20/h5-7,9H,4H2,1-3H3,(H,15,18)(H2,14,16,22). The van der Waals surface area contributed by atoms with E-state index in [1.807, 2.05) is 6.92 Å². The predicted molar refractivity (Wildman–Crippen MR) is 85.5 cm³/mol.